The summed E-state index contributed by atoms with van der Waals surface area (Å²) in [7, 11) is 0. The van der Waals surface area contributed by atoms with Crippen LogP contribution in [-0.2, 0) is 6.42 Å². The first-order valence-electron chi connectivity index (χ1n) is 9.99. The quantitative estimate of drug-likeness (QED) is 0.223. The third-order valence-corrected chi connectivity index (χ3v) is 4.83. The molecule has 0 atom stereocenters. The highest BCUT2D eigenvalue weighted by Gasteiger charge is 2.12. The van der Waals surface area contributed by atoms with Gasteiger partial charge in [-0.3, -0.25) is 20.2 Å². The zero-order chi connectivity index (χ0) is 23.2. The Bertz CT molecular complexity index is 1270. The van der Waals surface area contributed by atoms with Gasteiger partial charge in [0.2, 0.25) is 0 Å². The molecule has 0 saturated heterocycles. The van der Waals surface area contributed by atoms with Gasteiger partial charge in [0.25, 0.3) is 11.4 Å². The maximum atomic E-state index is 10.9. The fourth-order valence-electron chi connectivity index (χ4n) is 3.21. The average Bonchev–Trinajstić information content (AvgIpc) is 2.82. The summed E-state index contributed by atoms with van der Waals surface area (Å²) in [5, 5.41) is 21.7. The molecule has 0 amide bonds. The molecule has 8 heteroatoms. The zero-order valence-corrected chi connectivity index (χ0v) is 17.3. The predicted molar refractivity (Wildman–Crippen MR) is 122 cm³/mol. The lowest BCUT2D eigenvalue weighted by molar-refractivity contribution is -0.385. The van der Waals surface area contributed by atoms with Crippen molar-refractivity contribution in [3.63, 3.8) is 0 Å². The molecular weight excluding hydrogens is 424 g/mol. The molecule has 0 aliphatic rings. The number of nitrogens with zero attached hydrogens (tertiary/aromatic N) is 2. The molecule has 0 fully saturated rings. The fourth-order valence-corrected chi connectivity index (χ4v) is 3.21. The van der Waals surface area contributed by atoms with E-state index in [1.165, 1.54) is 36.4 Å². The number of non-ortho nitro benzene ring substituents is 2. The highest BCUT2D eigenvalue weighted by Crippen LogP contribution is 2.33. The van der Waals surface area contributed by atoms with E-state index in [-0.39, 0.29) is 11.4 Å². The van der Waals surface area contributed by atoms with Gasteiger partial charge in [0.15, 0.2) is 0 Å². The average molecular weight is 442 g/mol. The van der Waals surface area contributed by atoms with Gasteiger partial charge >= 0.3 is 0 Å². The van der Waals surface area contributed by atoms with Crippen molar-refractivity contribution in [2.45, 2.75) is 6.42 Å². The van der Waals surface area contributed by atoms with Crippen molar-refractivity contribution in [3.8, 4) is 23.0 Å². The minimum Gasteiger partial charge on any atom is -0.457 e. The molecule has 0 aliphatic carbocycles. The number of hydrogen-bond donors (Lipinski definition) is 0. The van der Waals surface area contributed by atoms with Crippen molar-refractivity contribution < 1.29 is 19.3 Å². The molecule has 33 heavy (non-hydrogen) atoms. The Morgan fingerprint density at radius 2 is 1.12 bits per heavy atom. The third kappa shape index (κ3) is 5.50. The molecule has 0 radical (unpaired) electrons. The zero-order valence-electron chi connectivity index (χ0n) is 17.3. The van der Waals surface area contributed by atoms with Crippen LogP contribution in [0.2, 0.25) is 0 Å². The number of ether oxygens (including phenoxy) is 2. The van der Waals surface area contributed by atoms with Gasteiger partial charge in [0, 0.05) is 36.2 Å². The van der Waals surface area contributed by atoms with Gasteiger partial charge < -0.3 is 9.47 Å². The summed E-state index contributed by atoms with van der Waals surface area (Å²) in [5.41, 5.74) is 1.88. The molecule has 0 unspecified atom stereocenters. The molecule has 0 saturated carbocycles. The Balaban J connectivity index is 1.61. The monoisotopic (exact) mass is 442 g/mol. The number of nitro benzene ring substituents is 2. The van der Waals surface area contributed by atoms with Crippen molar-refractivity contribution in [1.82, 2.24) is 0 Å². The van der Waals surface area contributed by atoms with Crippen molar-refractivity contribution >= 4 is 11.4 Å². The van der Waals surface area contributed by atoms with Gasteiger partial charge in [0.1, 0.15) is 23.0 Å². The molecule has 164 valence electrons. The molecule has 8 nitrogen and oxygen atoms in total. The van der Waals surface area contributed by atoms with Gasteiger partial charge in [-0.15, -0.1) is 0 Å². The standard InChI is InChI=1S/C25H18N2O6/c28-26(29)20-6-10-22(11-7-20)32-24-14-15-25(19(17-24)16-18-4-2-1-3-5-18)33-23-12-8-21(9-13-23)27(30)31/h1-15,17H,16H2. The summed E-state index contributed by atoms with van der Waals surface area (Å²) in [4.78, 5) is 20.8. The summed E-state index contributed by atoms with van der Waals surface area (Å²) in [6.45, 7) is 0. The summed E-state index contributed by atoms with van der Waals surface area (Å²) in [6, 6.07) is 26.9. The van der Waals surface area contributed by atoms with Crippen LogP contribution in [0.4, 0.5) is 11.4 Å². The summed E-state index contributed by atoms with van der Waals surface area (Å²) in [6.07, 6.45) is 0.570. The van der Waals surface area contributed by atoms with Crippen LogP contribution in [-0.4, -0.2) is 9.85 Å². The molecule has 4 aromatic rings. The number of rotatable bonds is 8. The third-order valence-electron chi connectivity index (χ3n) is 4.83. The van der Waals surface area contributed by atoms with Crippen LogP contribution in [0.15, 0.2) is 97.1 Å². The molecule has 0 aliphatic heterocycles. The van der Waals surface area contributed by atoms with Crippen LogP contribution in [0.25, 0.3) is 0 Å². The largest absolute Gasteiger partial charge is 0.457 e. The van der Waals surface area contributed by atoms with Crippen LogP contribution in [0, 0.1) is 20.2 Å². The van der Waals surface area contributed by atoms with Crippen LogP contribution < -0.4 is 9.47 Å². The van der Waals surface area contributed by atoms with Crippen LogP contribution >= 0.6 is 0 Å². The van der Waals surface area contributed by atoms with Crippen molar-refractivity contribution in [1.29, 1.82) is 0 Å². The second-order valence-electron chi connectivity index (χ2n) is 7.14. The van der Waals surface area contributed by atoms with Gasteiger partial charge in [-0.05, 0) is 48.0 Å². The number of hydrogen-bond acceptors (Lipinski definition) is 6. The smallest absolute Gasteiger partial charge is 0.269 e. The van der Waals surface area contributed by atoms with E-state index in [9.17, 15) is 20.2 Å². The van der Waals surface area contributed by atoms with Gasteiger partial charge in [-0.1, -0.05) is 30.3 Å². The Labute approximate surface area is 189 Å². The Kier molecular flexibility index (Phi) is 6.26. The van der Waals surface area contributed by atoms with E-state index in [0.29, 0.717) is 29.4 Å². The van der Waals surface area contributed by atoms with Gasteiger partial charge in [-0.25, -0.2) is 0 Å². The van der Waals surface area contributed by atoms with E-state index in [4.69, 9.17) is 9.47 Å². The molecule has 0 bridgehead atoms. The first-order chi connectivity index (χ1) is 16.0. The van der Waals surface area contributed by atoms with Gasteiger partial charge in [-0.2, -0.15) is 0 Å². The number of benzene rings is 4. The minimum atomic E-state index is -0.466. The maximum absolute atomic E-state index is 10.9. The second kappa shape index (κ2) is 9.61. The molecule has 0 aromatic heterocycles. The highest BCUT2D eigenvalue weighted by molar-refractivity contribution is 5.47. The van der Waals surface area contributed by atoms with Gasteiger partial charge in [0.05, 0.1) is 9.85 Å². The lowest BCUT2D eigenvalue weighted by Crippen LogP contribution is -1.96. The van der Waals surface area contributed by atoms with Crippen LogP contribution in [0.1, 0.15) is 11.1 Å². The minimum absolute atomic E-state index is 0.0148. The summed E-state index contributed by atoms with van der Waals surface area (Å²) >= 11 is 0. The molecule has 4 aromatic carbocycles. The molecule has 0 heterocycles. The first kappa shape index (κ1) is 21.5. The number of nitro groups is 2. The molecular formula is C25H18N2O6. The summed E-state index contributed by atoms with van der Waals surface area (Å²) in [5.74, 6) is 2.07. The van der Waals surface area contributed by atoms with Crippen molar-refractivity contribution in [2.75, 3.05) is 0 Å². The molecule has 0 spiro atoms. The Morgan fingerprint density at radius 1 is 0.606 bits per heavy atom. The van der Waals surface area contributed by atoms with E-state index in [0.717, 1.165) is 11.1 Å². The van der Waals surface area contributed by atoms with Crippen LogP contribution in [0.5, 0.6) is 23.0 Å². The fraction of sp³-hybridized carbons (Fsp3) is 0.0400. The van der Waals surface area contributed by atoms with E-state index in [1.54, 1.807) is 24.3 Å². The topological polar surface area (TPSA) is 105 Å². The maximum Gasteiger partial charge on any atom is 0.269 e. The normalized spacial score (nSPS) is 10.4. The van der Waals surface area contributed by atoms with Crippen molar-refractivity contribution in [2.24, 2.45) is 0 Å². The lowest BCUT2D eigenvalue weighted by Gasteiger charge is -2.14. The van der Waals surface area contributed by atoms with E-state index >= 15 is 0 Å². The molecule has 0 N–H and O–H groups in total. The summed E-state index contributed by atoms with van der Waals surface area (Å²) < 4.78 is 11.9. The predicted octanol–water partition coefficient (Wildman–Crippen LogP) is 6.68. The lowest BCUT2D eigenvalue weighted by atomic mass is 10.0. The highest BCUT2D eigenvalue weighted by atomic mass is 16.6. The Hall–Kier alpha value is -4.72. The van der Waals surface area contributed by atoms with E-state index in [2.05, 4.69) is 0 Å². The SMILES string of the molecule is O=[N+]([O-])c1ccc(Oc2ccc(Oc3ccc([N+](=O)[O-])cc3)c(Cc3ccccc3)c2)cc1. The van der Waals surface area contributed by atoms with E-state index < -0.39 is 9.85 Å². The first-order valence-corrected chi connectivity index (χ1v) is 9.99. The Morgan fingerprint density at radius 3 is 1.67 bits per heavy atom. The molecule has 4 rings (SSSR count). The van der Waals surface area contributed by atoms with E-state index in [1.807, 2.05) is 36.4 Å². The van der Waals surface area contributed by atoms with Crippen LogP contribution in [0.3, 0.4) is 0 Å². The van der Waals surface area contributed by atoms with Crippen molar-refractivity contribution in [3.05, 3.63) is 128 Å². The second-order valence-corrected chi connectivity index (χ2v) is 7.14.